The molecule has 148 valence electrons. The lowest BCUT2D eigenvalue weighted by atomic mass is 10.0. The van der Waals surface area contributed by atoms with Crippen LogP contribution >= 0.6 is 0 Å². The van der Waals surface area contributed by atoms with Crippen LogP contribution in [0.15, 0.2) is 60.7 Å². The molecule has 4 aromatic rings. The summed E-state index contributed by atoms with van der Waals surface area (Å²) in [4.78, 5) is 0. The predicted molar refractivity (Wildman–Crippen MR) is 113 cm³/mol. The number of nitrogens with zero attached hydrogens (tertiary/aromatic N) is 1. The van der Waals surface area contributed by atoms with Gasteiger partial charge in [-0.05, 0) is 67.3 Å². The van der Waals surface area contributed by atoms with Crippen LogP contribution in [0.25, 0.3) is 22.2 Å². The van der Waals surface area contributed by atoms with E-state index in [0.717, 1.165) is 22.2 Å². The third kappa shape index (κ3) is 3.68. The van der Waals surface area contributed by atoms with Gasteiger partial charge in [-0.1, -0.05) is 35.9 Å². The second kappa shape index (κ2) is 7.80. The van der Waals surface area contributed by atoms with Gasteiger partial charge in [0, 0.05) is 24.1 Å². The van der Waals surface area contributed by atoms with Crippen LogP contribution in [0.1, 0.15) is 22.3 Å². The molecule has 1 heterocycles. The van der Waals surface area contributed by atoms with Crippen LogP contribution in [0.3, 0.4) is 0 Å². The monoisotopic (exact) mass is 391 g/mol. The summed E-state index contributed by atoms with van der Waals surface area (Å²) < 4.78 is 31.2. The summed E-state index contributed by atoms with van der Waals surface area (Å²) in [6.45, 7) is 4.35. The first-order chi connectivity index (χ1) is 14.0. The molecule has 0 spiro atoms. The van der Waals surface area contributed by atoms with Gasteiger partial charge in [0.05, 0.1) is 11.2 Å². The van der Waals surface area contributed by atoms with Gasteiger partial charge in [0.1, 0.15) is 5.82 Å². The van der Waals surface area contributed by atoms with Gasteiger partial charge in [-0.2, -0.15) is 0 Å². The SMILES string of the molecule is Cc1ccc2c(c1)c(F)c(-c1ccc(F)cc1C)n2Cc1ccc(CCO)cc1. The topological polar surface area (TPSA) is 25.2 Å². The first kappa shape index (κ1) is 19.3. The normalized spacial score (nSPS) is 11.3. The number of hydrogen-bond donors (Lipinski definition) is 1. The highest BCUT2D eigenvalue weighted by Gasteiger charge is 2.20. The van der Waals surface area contributed by atoms with E-state index in [1.54, 1.807) is 13.0 Å². The number of hydrogen-bond acceptors (Lipinski definition) is 1. The standard InChI is InChI=1S/C25H23F2NO/c1-16-3-10-23-22(13-16)24(27)25(21-9-8-20(26)14-17(21)2)28(23)15-19-6-4-18(5-7-19)11-12-29/h3-10,13-14,29H,11-12,15H2,1-2H3. The highest BCUT2D eigenvalue weighted by molar-refractivity contribution is 5.89. The van der Waals surface area contributed by atoms with Crippen LogP contribution < -0.4 is 0 Å². The third-order valence-electron chi connectivity index (χ3n) is 5.36. The average Bonchev–Trinajstić information content (AvgIpc) is 2.95. The van der Waals surface area contributed by atoms with E-state index in [4.69, 9.17) is 5.11 Å². The molecule has 3 aromatic carbocycles. The summed E-state index contributed by atoms with van der Waals surface area (Å²) >= 11 is 0. The molecule has 4 heteroatoms. The van der Waals surface area contributed by atoms with E-state index in [1.165, 1.54) is 12.1 Å². The molecule has 0 saturated carbocycles. The van der Waals surface area contributed by atoms with E-state index >= 15 is 4.39 Å². The van der Waals surface area contributed by atoms with E-state index < -0.39 is 0 Å². The minimum atomic E-state index is -0.329. The number of fused-ring (bicyclic) bond motifs is 1. The van der Waals surface area contributed by atoms with E-state index in [9.17, 15) is 4.39 Å². The number of aryl methyl sites for hydroxylation is 2. The molecular formula is C25H23F2NO. The molecular weight excluding hydrogens is 368 g/mol. The van der Waals surface area contributed by atoms with Gasteiger partial charge in [-0.3, -0.25) is 0 Å². The van der Waals surface area contributed by atoms with Crippen molar-refractivity contribution in [1.29, 1.82) is 0 Å². The smallest absolute Gasteiger partial charge is 0.156 e. The Hall–Kier alpha value is -2.98. The summed E-state index contributed by atoms with van der Waals surface area (Å²) in [7, 11) is 0. The lowest BCUT2D eigenvalue weighted by Crippen LogP contribution is -2.04. The Labute approximate surface area is 169 Å². The van der Waals surface area contributed by atoms with E-state index in [1.807, 2.05) is 54.0 Å². The fourth-order valence-electron chi connectivity index (χ4n) is 3.87. The minimum Gasteiger partial charge on any atom is -0.396 e. The first-order valence-corrected chi connectivity index (χ1v) is 9.71. The van der Waals surface area contributed by atoms with E-state index in [2.05, 4.69) is 0 Å². The molecule has 0 aliphatic heterocycles. The van der Waals surface area contributed by atoms with E-state index in [0.29, 0.717) is 35.2 Å². The number of aliphatic hydroxyl groups excluding tert-OH is 1. The Morgan fingerprint density at radius 1 is 0.862 bits per heavy atom. The highest BCUT2D eigenvalue weighted by atomic mass is 19.1. The van der Waals surface area contributed by atoms with Crippen LogP contribution in [0.5, 0.6) is 0 Å². The van der Waals surface area contributed by atoms with Crippen LogP contribution in [0, 0.1) is 25.5 Å². The quantitative estimate of drug-likeness (QED) is 0.458. The van der Waals surface area contributed by atoms with Crippen molar-refractivity contribution >= 4 is 10.9 Å². The van der Waals surface area contributed by atoms with Gasteiger partial charge >= 0.3 is 0 Å². The highest BCUT2D eigenvalue weighted by Crippen LogP contribution is 2.35. The van der Waals surface area contributed by atoms with Gasteiger partial charge in [0.25, 0.3) is 0 Å². The molecule has 0 aliphatic carbocycles. The van der Waals surface area contributed by atoms with Crippen molar-refractivity contribution < 1.29 is 13.9 Å². The van der Waals surface area contributed by atoms with Gasteiger partial charge < -0.3 is 9.67 Å². The van der Waals surface area contributed by atoms with Crippen LogP contribution in [-0.4, -0.2) is 16.3 Å². The molecule has 2 nitrogen and oxygen atoms in total. The average molecular weight is 391 g/mol. The van der Waals surface area contributed by atoms with Gasteiger partial charge in [-0.15, -0.1) is 0 Å². The lowest BCUT2D eigenvalue weighted by molar-refractivity contribution is 0.299. The molecule has 29 heavy (non-hydrogen) atoms. The van der Waals surface area contributed by atoms with Crippen molar-refractivity contribution in [2.75, 3.05) is 6.61 Å². The maximum absolute atomic E-state index is 15.6. The van der Waals surface area contributed by atoms with Gasteiger partial charge in [0.15, 0.2) is 5.82 Å². The fraction of sp³-hybridized carbons (Fsp3) is 0.200. The second-order valence-electron chi connectivity index (χ2n) is 7.52. The molecule has 0 unspecified atom stereocenters. The van der Waals surface area contributed by atoms with Crippen molar-refractivity contribution in [1.82, 2.24) is 4.57 Å². The Morgan fingerprint density at radius 3 is 2.28 bits per heavy atom. The zero-order chi connectivity index (χ0) is 20.5. The molecule has 1 N–H and O–H groups in total. The molecule has 0 saturated heterocycles. The number of rotatable bonds is 5. The molecule has 0 radical (unpaired) electrons. The minimum absolute atomic E-state index is 0.111. The molecule has 0 amide bonds. The molecule has 0 bridgehead atoms. The molecule has 0 aliphatic rings. The second-order valence-corrected chi connectivity index (χ2v) is 7.52. The Kier molecular flexibility index (Phi) is 5.20. The fourth-order valence-corrected chi connectivity index (χ4v) is 3.87. The molecule has 0 atom stereocenters. The summed E-state index contributed by atoms with van der Waals surface area (Å²) in [5.41, 5.74) is 5.76. The van der Waals surface area contributed by atoms with Crippen LogP contribution in [-0.2, 0) is 13.0 Å². The third-order valence-corrected chi connectivity index (χ3v) is 5.36. The van der Waals surface area contributed by atoms with Crippen molar-refractivity contribution in [2.24, 2.45) is 0 Å². The zero-order valence-electron chi connectivity index (χ0n) is 16.5. The lowest BCUT2D eigenvalue weighted by Gasteiger charge is -2.14. The van der Waals surface area contributed by atoms with Crippen molar-refractivity contribution in [3.05, 3.63) is 94.6 Å². The largest absolute Gasteiger partial charge is 0.396 e. The summed E-state index contributed by atoms with van der Waals surface area (Å²) in [5.74, 6) is -0.611. The van der Waals surface area contributed by atoms with Crippen LogP contribution in [0.4, 0.5) is 8.78 Å². The Balaban J connectivity index is 1.89. The summed E-state index contributed by atoms with van der Waals surface area (Å²) in [6.07, 6.45) is 0.612. The molecule has 4 rings (SSSR count). The number of benzene rings is 3. The zero-order valence-corrected chi connectivity index (χ0v) is 16.5. The van der Waals surface area contributed by atoms with Crippen molar-refractivity contribution in [2.45, 2.75) is 26.8 Å². The predicted octanol–water partition coefficient (Wildman–Crippen LogP) is 5.79. The van der Waals surface area contributed by atoms with Gasteiger partial charge in [0.2, 0.25) is 0 Å². The summed E-state index contributed by atoms with van der Waals surface area (Å²) in [5, 5.41) is 9.67. The van der Waals surface area contributed by atoms with Crippen molar-refractivity contribution in [3.8, 4) is 11.3 Å². The van der Waals surface area contributed by atoms with E-state index in [-0.39, 0.29) is 18.2 Å². The van der Waals surface area contributed by atoms with Crippen LogP contribution in [0.2, 0.25) is 0 Å². The maximum atomic E-state index is 15.6. The Bertz CT molecular complexity index is 1180. The Morgan fingerprint density at radius 2 is 1.59 bits per heavy atom. The summed E-state index contributed by atoms with van der Waals surface area (Å²) in [6, 6.07) is 18.2. The van der Waals surface area contributed by atoms with Gasteiger partial charge in [-0.25, -0.2) is 8.78 Å². The number of halogens is 2. The maximum Gasteiger partial charge on any atom is 0.156 e. The first-order valence-electron chi connectivity index (χ1n) is 9.71. The van der Waals surface area contributed by atoms with Crippen molar-refractivity contribution in [3.63, 3.8) is 0 Å². The number of aliphatic hydroxyl groups is 1. The molecule has 0 fully saturated rings. The number of aromatic nitrogens is 1. The molecule has 1 aromatic heterocycles.